The summed E-state index contributed by atoms with van der Waals surface area (Å²) in [6, 6.07) is 8.97. The number of anilines is 1. The Labute approximate surface area is 129 Å². The van der Waals surface area contributed by atoms with Gasteiger partial charge in [-0.1, -0.05) is 30.0 Å². The summed E-state index contributed by atoms with van der Waals surface area (Å²) in [5.74, 6) is -1.32. The number of carboxylic acid groups (broad SMARTS) is 1. The van der Waals surface area contributed by atoms with Crippen molar-refractivity contribution in [3.8, 4) is 0 Å². The molecule has 1 amide bonds. The van der Waals surface area contributed by atoms with E-state index < -0.39 is 11.2 Å². The number of hydrogen-bond donors (Lipinski definition) is 1. The molecule has 1 fully saturated rings. The first-order chi connectivity index (χ1) is 10.6. The summed E-state index contributed by atoms with van der Waals surface area (Å²) in [5.41, 5.74) is 0.639. The Morgan fingerprint density at radius 2 is 1.95 bits per heavy atom. The Morgan fingerprint density at radius 1 is 1.27 bits per heavy atom. The first-order valence-corrected chi connectivity index (χ1v) is 7.24. The van der Waals surface area contributed by atoms with Gasteiger partial charge >= 0.3 is 5.97 Å². The molecule has 112 valence electrons. The number of aromatic nitrogens is 3. The number of aliphatic carboxylic acids is 1. The standard InChI is InChI=1S/C13H11N5O3S/c19-11(20)6-10-12(21)18(9-4-2-1-3-5-9)13(22-10)16-17-7-14-15-8-17/h1-5,7-8,10H,6H2,(H,19,20)/b16-13-. The molecule has 1 aliphatic rings. The summed E-state index contributed by atoms with van der Waals surface area (Å²) in [5, 5.41) is 20.2. The van der Waals surface area contributed by atoms with Crippen molar-refractivity contribution in [3.05, 3.63) is 43.0 Å². The molecule has 2 aromatic rings. The van der Waals surface area contributed by atoms with Gasteiger partial charge in [-0.15, -0.1) is 15.3 Å². The van der Waals surface area contributed by atoms with Crippen molar-refractivity contribution in [2.45, 2.75) is 11.7 Å². The number of carbonyl (C=O) groups excluding carboxylic acids is 1. The molecule has 2 heterocycles. The van der Waals surface area contributed by atoms with Gasteiger partial charge in [-0.2, -0.15) is 0 Å². The zero-order valence-corrected chi connectivity index (χ0v) is 12.1. The molecule has 0 saturated carbocycles. The SMILES string of the molecule is O=C(O)CC1S/C(=N\n2cnnc2)N(c2ccccc2)C1=O. The number of para-hydroxylation sites is 1. The van der Waals surface area contributed by atoms with Crippen LogP contribution in [0.15, 0.2) is 48.1 Å². The molecule has 8 nitrogen and oxygen atoms in total. The van der Waals surface area contributed by atoms with E-state index in [9.17, 15) is 9.59 Å². The smallest absolute Gasteiger partial charge is 0.305 e. The second-order valence-electron chi connectivity index (χ2n) is 4.44. The molecule has 3 rings (SSSR count). The van der Waals surface area contributed by atoms with Gasteiger partial charge in [0.2, 0.25) is 5.91 Å². The molecule has 22 heavy (non-hydrogen) atoms. The van der Waals surface area contributed by atoms with Crippen LogP contribution in [0.1, 0.15) is 6.42 Å². The zero-order valence-electron chi connectivity index (χ0n) is 11.2. The minimum absolute atomic E-state index is 0.256. The van der Waals surface area contributed by atoms with Crippen LogP contribution in [0, 0.1) is 0 Å². The highest BCUT2D eigenvalue weighted by Crippen LogP contribution is 2.33. The molecule has 9 heteroatoms. The molecular weight excluding hydrogens is 306 g/mol. The molecule has 1 aliphatic heterocycles. The fraction of sp³-hybridized carbons (Fsp3) is 0.154. The molecule has 1 N–H and O–H groups in total. The molecule has 0 bridgehead atoms. The van der Waals surface area contributed by atoms with Gasteiger partial charge < -0.3 is 5.11 Å². The van der Waals surface area contributed by atoms with Crippen LogP contribution in [0.4, 0.5) is 5.69 Å². The van der Waals surface area contributed by atoms with E-state index in [1.807, 2.05) is 6.07 Å². The van der Waals surface area contributed by atoms with Crippen LogP contribution in [-0.2, 0) is 9.59 Å². The van der Waals surface area contributed by atoms with Crippen molar-refractivity contribution < 1.29 is 14.7 Å². The third kappa shape index (κ3) is 2.84. The summed E-state index contributed by atoms with van der Waals surface area (Å²) in [4.78, 5) is 24.8. The molecule has 1 aromatic heterocycles. The van der Waals surface area contributed by atoms with Gasteiger partial charge in [0.15, 0.2) is 5.17 Å². The minimum atomic E-state index is -1.02. The monoisotopic (exact) mass is 317 g/mol. The molecule has 1 aromatic carbocycles. The topological polar surface area (TPSA) is 101 Å². The first-order valence-electron chi connectivity index (χ1n) is 6.36. The Kier molecular flexibility index (Phi) is 3.88. The minimum Gasteiger partial charge on any atom is -0.481 e. The summed E-state index contributed by atoms with van der Waals surface area (Å²) >= 11 is 1.12. The summed E-state index contributed by atoms with van der Waals surface area (Å²) < 4.78 is 1.37. The highest BCUT2D eigenvalue weighted by molar-refractivity contribution is 8.16. The first kappa shape index (κ1) is 14.3. The maximum absolute atomic E-state index is 12.5. The second-order valence-corrected chi connectivity index (χ2v) is 5.61. The number of nitrogens with zero attached hydrogens (tertiary/aromatic N) is 5. The maximum atomic E-state index is 12.5. The molecule has 0 radical (unpaired) electrons. The predicted molar refractivity (Wildman–Crippen MR) is 80.4 cm³/mol. The number of thioether (sulfide) groups is 1. The Balaban J connectivity index is 1.98. The number of carbonyl (C=O) groups is 2. The summed E-state index contributed by atoms with van der Waals surface area (Å²) in [6.07, 6.45) is 2.53. The Morgan fingerprint density at radius 3 is 2.59 bits per heavy atom. The third-order valence-corrected chi connectivity index (χ3v) is 4.04. The molecule has 0 spiro atoms. The number of rotatable bonds is 4. The number of carboxylic acids is 1. The summed E-state index contributed by atoms with van der Waals surface area (Å²) in [6.45, 7) is 0. The molecule has 1 unspecified atom stereocenters. The predicted octanol–water partition coefficient (Wildman–Crippen LogP) is 1.02. The fourth-order valence-electron chi connectivity index (χ4n) is 1.98. The lowest BCUT2D eigenvalue weighted by molar-refractivity contribution is -0.138. The average Bonchev–Trinajstić information content (AvgIpc) is 3.09. The highest BCUT2D eigenvalue weighted by Gasteiger charge is 2.40. The second kappa shape index (κ2) is 5.98. The fourth-order valence-corrected chi connectivity index (χ4v) is 3.11. The van der Waals surface area contributed by atoms with Crippen molar-refractivity contribution in [2.75, 3.05) is 4.90 Å². The third-order valence-electron chi connectivity index (χ3n) is 2.92. The van der Waals surface area contributed by atoms with E-state index in [1.54, 1.807) is 24.3 Å². The lowest BCUT2D eigenvalue weighted by Gasteiger charge is -2.15. The van der Waals surface area contributed by atoms with E-state index in [2.05, 4.69) is 15.3 Å². The average molecular weight is 317 g/mol. The van der Waals surface area contributed by atoms with Gasteiger partial charge in [-0.25, -0.2) is 4.68 Å². The van der Waals surface area contributed by atoms with E-state index in [1.165, 1.54) is 22.2 Å². The van der Waals surface area contributed by atoms with Crippen LogP contribution in [0.5, 0.6) is 0 Å². The quantitative estimate of drug-likeness (QED) is 0.903. The van der Waals surface area contributed by atoms with E-state index in [0.29, 0.717) is 10.9 Å². The molecule has 1 atom stereocenters. The summed E-state index contributed by atoms with van der Waals surface area (Å²) in [7, 11) is 0. The zero-order chi connectivity index (χ0) is 15.5. The number of hydrogen-bond acceptors (Lipinski definition) is 6. The number of amides is 1. The van der Waals surface area contributed by atoms with Crippen molar-refractivity contribution in [3.63, 3.8) is 0 Å². The van der Waals surface area contributed by atoms with E-state index in [0.717, 1.165) is 11.8 Å². The Hall–Kier alpha value is -2.68. The van der Waals surface area contributed by atoms with Crippen LogP contribution in [0.2, 0.25) is 0 Å². The highest BCUT2D eigenvalue weighted by atomic mass is 32.2. The van der Waals surface area contributed by atoms with Gasteiger partial charge in [0.05, 0.1) is 12.1 Å². The van der Waals surface area contributed by atoms with Crippen LogP contribution >= 0.6 is 11.8 Å². The normalized spacial score (nSPS) is 19.8. The van der Waals surface area contributed by atoms with Gasteiger partial charge in [-0.3, -0.25) is 14.5 Å². The lowest BCUT2D eigenvalue weighted by atomic mass is 10.2. The van der Waals surface area contributed by atoms with Crippen molar-refractivity contribution in [2.24, 2.45) is 5.10 Å². The lowest BCUT2D eigenvalue weighted by Crippen LogP contribution is -2.33. The van der Waals surface area contributed by atoms with Crippen LogP contribution in [0.25, 0.3) is 0 Å². The Bertz CT molecular complexity index is 717. The molecular formula is C13H11N5O3S. The van der Waals surface area contributed by atoms with Crippen LogP contribution in [0.3, 0.4) is 0 Å². The van der Waals surface area contributed by atoms with E-state index in [4.69, 9.17) is 5.11 Å². The molecule has 1 saturated heterocycles. The number of amidine groups is 1. The van der Waals surface area contributed by atoms with Gasteiger partial charge in [0.1, 0.15) is 17.9 Å². The van der Waals surface area contributed by atoms with Crippen molar-refractivity contribution in [1.29, 1.82) is 0 Å². The molecule has 0 aliphatic carbocycles. The maximum Gasteiger partial charge on any atom is 0.305 e. The van der Waals surface area contributed by atoms with Gasteiger partial charge in [-0.05, 0) is 12.1 Å². The van der Waals surface area contributed by atoms with Crippen LogP contribution < -0.4 is 4.90 Å². The van der Waals surface area contributed by atoms with Gasteiger partial charge in [0.25, 0.3) is 0 Å². The van der Waals surface area contributed by atoms with Crippen molar-refractivity contribution >= 4 is 34.5 Å². The van der Waals surface area contributed by atoms with Gasteiger partial charge in [0, 0.05) is 0 Å². The van der Waals surface area contributed by atoms with E-state index in [-0.39, 0.29) is 12.3 Å². The number of benzene rings is 1. The van der Waals surface area contributed by atoms with E-state index >= 15 is 0 Å². The van der Waals surface area contributed by atoms with Crippen LogP contribution in [-0.4, -0.2) is 42.3 Å². The van der Waals surface area contributed by atoms with Crippen molar-refractivity contribution in [1.82, 2.24) is 14.9 Å². The largest absolute Gasteiger partial charge is 0.481 e.